The van der Waals surface area contributed by atoms with Gasteiger partial charge in [-0.3, -0.25) is 10.1 Å². The summed E-state index contributed by atoms with van der Waals surface area (Å²) in [6, 6.07) is 6.93. The van der Waals surface area contributed by atoms with Crippen LogP contribution < -0.4 is 19.7 Å². The van der Waals surface area contributed by atoms with E-state index in [0.717, 1.165) is 0 Å². The first-order chi connectivity index (χ1) is 13.7. The molecular formula is C17H15N5O6. The van der Waals surface area contributed by atoms with Gasteiger partial charge in [-0.25, -0.2) is 4.63 Å². The molecule has 0 spiro atoms. The summed E-state index contributed by atoms with van der Waals surface area (Å²) in [5.41, 5.74) is 1.85. The Morgan fingerprint density at radius 3 is 2.68 bits per heavy atom. The Morgan fingerprint density at radius 1 is 1.07 bits per heavy atom. The highest BCUT2D eigenvalue weighted by atomic mass is 16.7. The van der Waals surface area contributed by atoms with Crippen LogP contribution in [0.1, 0.15) is 0 Å². The molecule has 0 atom stereocenters. The lowest BCUT2D eigenvalue weighted by atomic mass is 10.1. The van der Waals surface area contributed by atoms with Crippen LogP contribution in [0.4, 0.5) is 22.7 Å². The van der Waals surface area contributed by atoms with Crippen molar-refractivity contribution in [3.8, 4) is 11.5 Å². The second kappa shape index (κ2) is 6.53. The van der Waals surface area contributed by atoms with Gasteiger partial charge < -0.3 is 24.4 Å². The van der Waals surface area contributed by atoms with E-state index in [1.165, 1.54) is 0 Å². The van der Waals surface area contributed by atoms with Crippen LogP contribution in [0.15, 0.2) is 28.9 Å². The molecule has 11 nitrogen and oxygen atoms in total. The molecular weight excluding hydrogens is 370 g/mol. The number of aromatic nitrogens is 2. The molecule has 2 aliphatic rings. The van der Waals surface area contributed by atoms with E-state index >= 15 is 0 Å². The van der Waals surface area contributed by atoms with Gasteiger partial charge in [0.2, 0.25) is 12.3 Å². The average molecular weight is 385 g/mol. The van der Waals surface area contributed by atoms with E-state index in [9.17, 15) is 10.1 Å². The molecule has 0 saturated carbocycles. The van der Waals surface area contributed by atoms with E-state index in [-0.39, 0.29) is 23.7 Å². The largest absolute Gasteiger partial charge is 0.454 e. The molecule has 0 unspecified atom stereocenters. The van der Waals surface area contributed by atoms with Crippen LogP contribution in [0.2, 0.25) is 0 Å². The molecule has 2 aliphatic heterocycles. The average Bonchev–Trinajstić information content (AvgIpc) is 3.36. The second-order valence-corrected chi connectivity index (χ2v) is 6.30. The van der Waals surface area contributed by atoms with Crippen LogP contribution in [0.5, 0.6) is 11.5 Å². The summed E-state index contributed by atoms with van der Waals surface area (Å²) in [6.07, 6.45) is 0. The third-order valence-electron chi connectivity index (χ3n) is 4.68. The predicted octanol–water partition coefficient (Wildman–Crippen LogP) is 2.44. The predicted molar refractivity (Wildman–Crippen MR) is 97.3 cm³/mol. The first-order valence-electron chi connectivity index (χ1n) is 8.64. The minimum atomic E-state index is -0.495. The van der Waals surface area contributed by atoms with E-state index in [2.05, 4.69) is 15.6 Å². The van der Waals surface area contributed by atoms with Crippen LogP contribution in [-0.4, -0.2) is 48.3 Å². The monoisotopic (exact) mass is 385 g/mol. The quantitative estimate of drug-likeness (QED) is 0.529. The fourth-order valence-electron chi connectivity index (χ4n) is 3.37. The third kappa shape index (κ3) is 2.72. The van der Waals surface area contributed by atoms with Crippen molar-refractivity contribution in [1.29, 1.82) is 0 Å². The summed E-state index contributed by atoms with van der Waals surface area (Å²) in [5, 5.41) is 22.6. The Kier molecular flexibility index (Phi) is 3.86. The van der Waals surface area contributed by atoms with Crippen molar-refractivity contribution < 1.29 is 23.8 Å². The Labute approximate surface area is 157 Å². The lowest BCUT2D eigenvalue weighted by Crippen LogP contribution is -2.36. The van der Waals surface area contributed by atoms with Crippen molar-refractivity contribution in [1.82, 2.24) is 10.3 Å². The molecule has 144 valence electrons. The molecule has 3 aromatic rings. The minimum Gasteiger partial charge on any atom is -0.454 e. The van der Waals surface area contributed by atoms with Crippen molar-refractivity contribution in [3.63, 3.8) is 0 Å². The number of ether oxygens (including phenoxy) is 3. The number of nitro benzene ring substituents is 1. The maximum absolute atomic E-state index is 11.8. The van der Waals surface area contributed by atoms with Crippen molar-refractivity contribution >= 4 is 33.8 Å². The Hall–Kier alpha value is -3.60. The van der Waals surface area contributed by atoms with E-state index in [4.69, 9.17) is 18.8 Å². The summed E-state index contributed by atoms with van der Waals surface area (Å²) in [4.78, 5) is 13.3. The number of benzene rings is 2. The summed E-state index contributed by atoms with van der Waals surface area (Å²) < 4.78 is 20.9. The number of nitrogens with one attached hydrogen (secondary N) is 1. The zero-order valence-electron chi connectivity index (χ0n) is 14.6. The van der Waals surface area contributed by atoms with E-state index < -0.39 is 4.92 Å². The molecule has 11 heteroatoms. The molecule has 0 amide bonds. The van der Waals surface area contributed by atoms with Crippen LogP contribution >= 0.6 is 0 Å². The Balaban J connectivity index is 1.62. The van der Waals surface area contributed by atoms with Crippen molar-refractivity contribution in [3.05, 3.63) is 34.4 Å². The molecule has 2 aromatic carbocycles. The zero-order chi connectivity index (χ0) is 19.1. The SMILES string of the molecule is O=[N+]([O-])c1c(Nc2ccc3c(c2)OCO3)cc(N2CCOCC2)c2nonc12. The molecule has 1 aromatic heterocycles. The van der Waals surface area contributed by atoms with Crippen LogP contribution in [0.25, 0.3) is 11.0 Å². The topological polar surface area (TPSA) is 125 Å². The summed E-state index contributed by atoms with van der Waals surface area (Å²) in [6.45, 7) is 2.56. The molecule has 28 heavy (non-hydrogen) atoms. The fraction of sp³-hybridized carbons (Fsp3) is 0.294. The van der Waals surface area contributed by atoms with Gasteiger partial charge in [-0.2, -0.15) is 0 Å². The van der Waals surface area contributed by atoms with E-state index in [1.54, 1.807) is 24.3 Å². The van der Waals surface area contributed by atoms with E-state index in [1.807, 2.05) is 4.90 Å². The summed E-state index contributed by atoms with van der Waals surface area (Å²) >= 11 is 0. The number of morpholine rings is 1. The van der Waals surface area contributed by atoms with Gasteiger partial charge >= 0.3 is 5.69 Å². The van der Waals surface area contributed by atoms with Crippen LogP contribution in [0.3, 0.4) is 0 Å². The van der Waals surface area contributed by atoms with Gasteiger partial charge in [-0.15, -0.1) is 0 Å². The van der Waals surface area contributed by atoms with Crippen molar-refractivity contribution in [2.75, 3.05) is 43.3 Å². The smallest absolute Gasteiger partial charge is 0.324 e. The Morgan fingerprint density at radius 2 is 1.86 bits per heavy atom. The van der Waals surface area contributed by atoms with Gasteiger partial charge in [0.1, 0.15) is 5.69 Å². The van der Waals surface area contributed by atoms with Crippen LogP contribution in [-0.2, 0) is 4.74 Å². The first kappa shape index (κ1) is 16.6. The molecule has 0 aliphatic carbocycles. The summed E-state index contributed by atoms with van der Waals surface area (Å²) in [5.74, 6) is 1.20. The maximum atomic E-state index is 11.8. The van der Waals surface area contributed by atoms with Crippen molar-refractivity contribution in [2.24, 2.45) is 0 Å². The number of fused-ring (bicyclic) bond motifs is 2. The lowest BCUT2D eigenvalue weighted by Gasteiger charge is -2.29. The molecule has 0 bridgehead atoms. The number of hydrogen-bond donors (Lipinski definition) is 1. The highest BCUT2D eigenvalue weighted by Gasteiger charge is 2.28. The van der Waals surface area contributed by atoms with Gasteiger partial charge in [-0.1, -0.05) is 0 Å². The highest BCUT2D eigenvalue weighted by Crippen LogP contribution is 2.41. The number of nitrogens with zero attached hydrogens (tertiary/aromatic N) is 4. The zero-order valence-corrected chi connectivity index (χ0v) is 14.6. The van der Waals surface area contributed by atoms with Gasteiger partial charge in [0, 0.05) is 24.8 Å². The fourth-order valence-corrected chi connectivity index (χ4v) is 3.37. The second-order valence-electron chi connectivity index (χ2n) is 6.30. The van der Waals surface area contributed by atoms with Gasteiger partial charge in [-0.05, 0) is 28.5 Å². The Bertz CT molecular complexity index is 1060. The number of anilines is 3. The molecule has 0 radical (unpaired) electrons. The number of hydrogen-bond acceptors (Lipinski definition) is 10. The molecule has 1 saturated heterocycles. The summed E-state index contributed by atoms with van der Waals surface area (Å²) in [7, 11) is 0. The van der Waals surface area contributed by atoms with Gasteiger partial charge in [0.15, 0.2) is 17.0 Å². The molecule has 1 fully saturated rings. The highest BCUT2D eigenvalue weighted by molar-refractivity contribution is 6.00. The molecule has 3 heterocycles. The van der Waals surface area contributed by atoms with Gasteiger partial charge in [0.05, 0.1) is 23.8 Å². The third-order valence-corrected chi connectivity index (χ3v) is 4.68. The lowest BCUT2D eigenvalue weighted by molar-refractivity contribution is -0.382. The molecule has 5 rings (SSSR count). The number of rotatable bonds is 4. The van der Waals surface area contributed by atoms with Gasteiger partial charge in [0.25, 0.3) is 0 Å². The first-order valence-corrected chi connectivity index (χ1v) is 8.64. The standard InChI is InChI=1S/C17H15N5O6/c23-22(24)17-11(18-10-1-2-13-14(7-10)27-9-26-13)8-12(15-16(17)20-28-19-15)21-3-5-25-6-4-21/h1-2,7-8,18H,3-6,9H2. The molecule has 1 N–H and O–H groups in total. The van der Waals surface area contributed by atoms with Crippen molar-refractivity contribution in [2.45, 2.75) is 0 Å². The number of nitro groups is 1. The normalized spacial score (nSPS) is 15.8. The maximum Gasteiger partial charge on any atom is 0.324 e. The van der Waals surface area contributed by atoms with E-state index in [0.29, 0.717) is 54.7 Å². The minimum absolute atomic E-state index is 0.0947. The van der Waals surface area contributed by atoms with Crippen LogP contribution in [0, 0.1) is 10.1 Å².